The van der Waals surface area contributed by atoms with Crippen molar-refractivity contribution in [1.29, 1.82) is 0 Å². The molecule has 0 aliphatic rings. The van der Waals surface area contributed by atoms with Crippen molar-refractivity contribution in [3.63, 3.8) is 0 Å². The van der Waals surface area contributed by atoms with Crippen LogP contribution in [0, 0.1) is 0 Å². The Morgan fingerprint density at radius 3 is 3.05 bits per heavy atom. The maximum absolute atomic E-state index is 11.4. The van der Waals surface area contributed by atoms with Crippen LogP contribution >= 0.6 is 27.5 Å². The fourth-order valence-electron chi connectivity index (χ4n) is 1.81. The topological polar surface area (TPSA) is 57.0 Å². The third kappa shape index (κ3) is 3.25. The van der Waals surface area contributed by atoms with Crippen LogP contribution in [0.25, 0.3) is 11.2 Å². The zero-order valence-corrected chi connectivity index (χ0v) is 12.7. The smallest absolute Gasteiger partial charge is 0.307 e. The van der Waals surface area contributed by atoms with Gasteiger partial charge in [0.1, 0.15) is 11.3 Å². The molecule has 0 amide bonds. The van der Waals surface area contributed by atoms with E-state index in [1.54, 1.807) is 13.1 Å². The molecule has 19 heavy (non-hydrogen) atoms. The number of nitrogens with zero attached hydrogens (tertiary/aromatic N) is 3. The number of esters is 1. The first-order valence-corrected chi connectivity index (χ1v) is 7.20. The predicted molar refractivity (Wildman–Crippen MR) is 76.0 cm³/mol. The van der Waals surface area contributed by atoms with E-state index in [-0.39, 0.29) is 18.3 Å². The third-order valence-corrected chi connectivity index (χ3v) is 3.27. The number of aromatic nitrogens is 3. The number of hydrogen-bond acceptors (Lipinski definition) is 4. The Labute approximate surface area is 124 Å². The summed E-state index contributed by atoms with van der Waals surface area (Å²) in [6.45, 7) is 2.64. The summed E-state index contributed by atoms with van der Waals surface area (Å²) in [7, 11) is 0. The summed E-state index contributed by atoms with van der Waals surface area (Å²) in [6.07, 6.45) is 1.98. The van der Waals surface area contributed by atoms with Gasteiger partial charge in [0.25, 0.3) is 0 Å². The van der Waals surface area contributed by atoms with Gasteiger partial charge < -0.3 is 9.30 Å². The van der Waals surface area contributed by atoms with Crippen molar-refractivity contribution in [1.82, 2.24) is 14.5 Å². The first-order chi connectivity index (χ1) is 9.15. The maximum Gasteiger partial charge on any atom is 0.307 e. The molecule has 2 aromatic rings. The molecule has 0 aliphatic heterocycles. The summed E-state index contributed by atoms with van der Waals surface area (Å²) in [5, 5.41) is 0. The van der Waals surface area contributed by atoms with Crippen molar-refractivity contribution in [2.75, 3.05) is 6.61 Å². The van der Waals surface area contributed by atoms with Gasteiger partial charge in [0, 0.05) is 17.2 Å². The molecule has 7 heteroatoms. The lowest BCUT2D eigenvalue weighted by molar-refractivity contribution is -0.143. The normalized spacial score (nSPS) is 10.9. The van der Waals surface area contributed by atoms with Crippen LogP contribution in [-0.4, -0.2) is 27.1 Å². The molecule has 0 radical (unpaired) electrons. The number of fused-ring (bicyclic) bond motifs is 1. The van der Waals surface area contributed by atoms with Crippen LogP contribution in [0.5, 0.6) is 0 Å². The van der Waals surface area contributed by atoms with Gasteiger partial charge in [-0.1, -0.05) is 0 Å². The molecule has 0 saturated heterocycles. The fraction of sp³-hybridized carbons (Fsp3) is 0.417. The van der Waals surface area contributed by atoms with Crippen LogP contribution in [-0.2, 0) is 22.0 Å². The highest BCUT2D eigenvalue weighted by molar-refractivity contribution is 9.10. The summed E-state index contributed by atoms with van der Waals surface area (Å²) >= 11 is 9.23. The van der Waals surface area contributed by atoms with Crippen molar-refractivity contribution < 1.29 is 9.53 Å². The van der Waals surface area contributed by atoms with Gasteiger partial charge in [0.05, 0.1) is 18.9 Å². The fourth-order valence-corrected chi connectivity index (χ4v) is 2.33. The number of pyridine rings is 1. The molecule has 2 rings (SSSR count). The minimum absolute atomic E-state index is 0.234. The molecule has 0 N–H and O–H groups in total. The number of rotatable bonds is 5. The van der Waals surface area contributed by atoms with Gasteiger partial charge in [-0.3, -0.25) is 4.79 Å². The van der Waals surface area contributed by atoms with Crippen LogP contribution in [0.15, 0.2) is 16.7 Å². The van der Waals surface area contributed by atoms with Crippen molar-refractivity contribution in [3.05, 3.63) is 22.6 Å². The quantitative estimate of drug-likeness (QED) is 0.617. The number of ether oxygens (including phenoxy) is 1. The van der Waals surface area contributed by atoms with Gasteiger partial charge in [-0.15, -0.1) is 11.6 Å². The second kappa shape index (κ2) is 6.34. The molecule has 0 saturated carbocycles. The molecule has 0 bridgehead atoms. The van der Waals surface area contributed by atoms with E-state index in [1.165, 1.54) is 0 Å². The van der Waals surface area contributed by atoms with Crippen LogP contribution in [0.1, 0.15) is 19.2 Å². The molecule has 0 unspecified atom stereocenters. The molecular formula is C12H13BrClN3O2. The van der Waals surface area contributed by atoms with Crippen molar-refractivity contribution in [2.45, 2.75) is 25.8 Å². The highest BCUT2D eigenvalue weighted by atomic mass is 79.9. The monoisotopic (exact) mass is 345 g/mol. The van der Waals surface area contributed by atoms with E-state index in [0.29, 0.717) is 19.0 Å². The Hall–Kier alpha value is -1.14. The first kappa shape index (κ1) is 14.3. The highest BCUT2D eigenvalue weighted by Gasteiger charge is 2.13. The lowest BCUT2D eigenvalue weighted by Gasteiger charge is -2.06. The van der Waals surface area contributed by atoms with Crippen LogP contribution in [0.4, 0.5) is 0 Å². The minimum Gasteiger partial charge on any atom is -0.466 e. The summed E-state index contributed by atoms with van der Waals surface area (Å²) < 4.78 is 7.62. The maximum atomic E-state index is 11.4. The average Bonchev–Trinajstić information content (AvgIpc) is 2.73. The second-order valence-corrected chi connectivity index (χ2v) is 5.05. The zero-order chi connectivity index (χ0) is 13.8. The molecule has 0 atom stereocenters. The van der Waals surface area contributed by atoms with Gasteiger partial charge >= 0.3 is 5.97 Å². The van der Waals surface area contributed by atoms with E-state index in [0.717, 1.165) is 15.6 Å². The van der Waals surface area contributed by atoms with Gasteiger partial charge in [0.15, 0.2) is 5.65 Å². The summed E-state index contributed by atoms with van der Waals surface area (Å²) in [6, 6.07) is 1.87. The zero-order valence-electron chi connectivity index (χ0n) is 10.4. The first-order valence-electron chi connectivity index (χ1n) is 5.88. The molecule has 0 fully saturated rings. The van der Waals surface area contributed by atoms with E-state index in [4.69, 9.17) is 16.3 Å². The standard InChI is InChI=1S/C12H13BrClN3O2/c1-2-19-11(18)3-4-17-10(6-14)16-9-5-8(13)7-15-12(9)17/h5,7H,2-4,6H2,1H3. The van der Waals surface area contributed by atoms with Gasteiger partial charge in [-0.2, -0.15) is 0 Å². The van der Waals surface area contributed by atoms with Crippen molar-refractivity contribution >= 4 is 44.7 Å². The lowest BCUT2D eigenvalue weighted by Crippen LogP contribution is -2.11. The highest BCUT2D eigenvalue weighted by Crippen LogP contribution is 2.19. The number of aryl methyl sites for hydroxylation is 1. The Balaban J connectivity index is 2.27. The molecule has 0 spiro atoms. The lowest BCUT2D eigenvalue weighted by atomic mass is 10.4. The number of imidazole rings is 1. The van der Waals surface area contributed by atoms with E-state index in [2.05, 4.69) is 25.9 Å². The summed E-state index contributed by atoms with van der Waals surface area (Å²) in [5.41, 5.74) is 1.48. The minimum atomic E-state index is -0.234. The van der Waals surface area contributed by atoms with Gasteiger partial charge in [-0.25, -0.2) is 9.97 Å². The van der Waals surface area contributed by atoms with Crippen LogP contribution in [0.2, 0.25) is 0 Å². The SMILES string of the molecule is CCOC(=O)CCn1c(CCl)nc2cc(Br)cnc21. The Bertz CT molecular complexity index is 600. The van der Waals surface area contributed by atoms with Gasteiger partial charge in [0.2, 0.25) is 0 Å². The Morgan fingerprint density at radius 2 is 2.37 bits per heavy atom. The van der Waals surface area contributed by atoms with Crippen LogP contribution < -0.4 is 0 Å². The summed E-state index contributed by atoms with van der Waals surface area (Å²) in [5.74, 6) is 0.741. The van der Waals surface area contributed by atoms with E-state index < -0.39 is 0 Å². The molecule has 0 aliphatic carbocycles. The molecule has 102 valence electrons. The van der Waals surface area contributed by atoms with E-state index >= 15 is 0 Å². The molecule has 0 aromatic carbocycles. The molecular weight excluding hydrogens is 334 g/mol. The van der Waals surface area contributed by atoms with Crippen molar-refractivity contribution in [3.8, 4) is 0 Å². The van der Waals surface area contributed by atoms with Crippen LogP contribution in [0.3, 0.4) is 0 Å². The van der Waals surface area contributed by atoms with E-state index in [9.17, 15) is 4.79 Å². The van der Waals surface area contributed by atoms with E-state index in [1.807, 2.05) is 10.6 Å². The average molecular weight is 347 g/mol. The largest absolute Gasteiger partial charge is 0.466 e. The molecule has 2 aromatic heterocycles. The molecule has 2 heterocycles. The number of hydrogen-bond donors (Lipinski definition) is 0. The second-order valence-electron chi connectivity index (χ2n) is 3.86. The number of alkyl halides is 1. The number of halogens is 2. The third-order valence-electron chi connectivity index (χ3n) is 2.60. The summed E-state index contributed by atoms with van der Waals surface area (Å²) in [4.78, 5) is 20.1. The Kier molecular flexibility index (Phi) is 4.76. The Morgan fingerprint density at radius 1 is 1.58 bits per heavy atom. The number of carbonyl (C=O) groups excluding carboxylic acids is 1. The number of carbonyl (C=O) groups is 1. The molecule has 5 nitrogen and oxygen atoms in total. The van der Waals surface area contributed by atoms with Gasteiger partial charge in [-0.05, 0) is 28.9 Å². The van der Waals surface area contributed by atoms with Crippen molar-refractivity contribution in [2.24, 2.45) is 0 Å². The predicted octanol–water partition coefficient (Wildman–Crippen LogP) is 2.89.